The summed E-state index contributed by atoms with van der Waals surface area (Å²) in [5.41, 5.74) is 2.84. The summed E-state index contributed by atoms with van der Waals surface area (Å²) < 4.78 is 11.2. The average Bonchev–Trinajstić information content (AvgIpc) is 3.00. The highest BCUT2D eigenvalue weighted by molar-refractivity contribution is 7.10. The Balaban J connectivity index is 2.05. The number of ether oxygens (including phenoxy) is 2. The zero-order valence-electron chi connectivity index (χ0n) is 11.8. The van der Waals surface area contributed by atoms with Crippen LogP contribution in [-0.4, -0.2) is 18.3 Å². The number of rotatable bonds is 3. The Bertz CT molecular complexity index is 633. The molecule has 0 aliphatic carbocycles. The van der Waals surface area contributed by atoms with Crippen LogP contribution in [0.15, 0.2) is 23.6 Å². The maximum atomic E-state index is 10.6. The Morgan fingerprint density at radius 1 is 1.40 bits per heavy atom. The topological polar surface area (TPSA) is 38.7 Å². The first-order valence-corrected chi connectivity index (χ1v) is 7.57. The van der Waals surface area contributed by atoms with Gasteiger partial charge in [-0.2, -0.15) is 0 Å². The molecule has 1 aromatic heterocycles. The van der Waals surface area contributed by atoms with Crippen molar-refractivity contribution in [2.75, 3.05) is 7.11 Å². The molecule has 2 atom stereocenters. The van der Waals surface area contributed by atoms with Crippen molar-refractivity contribution in [2.45, 2.75) is 32.5 Å². The molecule has 0 spiro atoms. The molecule has 3 rings (SSSR count). The summed E-state index contributed by atoms with van der Waals surface area (Å²) in [6.07, 6.45) is 0.394. The minimum absolute atomic E-state index is 0.185. The van der Waals surface area contributed by atoms with Crippen molar-refractivity contribution < 1.29 is 14.6 Å². The van der Waals surface area contributed by atoms with Gasteiger partial charge in [0.1, 0.15) is 23.7 Å². The smallest absolute Gasteiger partial charge is 0.125 e. The monoisotopic (exact) mass is 290 g/mol. The van der Waals surface area contributed by atoms with E-state index in [2.05, 4.69) is 0 Å². The van der Waals surface area contributed by atoms with Gasteiger partial charge in [-0.15, -0.1) is 11.3 Å². The van der Waals surface area contributed by atoms with Gasteiger partial charge < -0.3 is 14.6 Å². The van der Waals surface area contributed by atoms with E-state index in [1.165, 1.54) is 0 Å². The number of thiophene rings is 1. The molecule has 0 saturated heterocycles. The molecular formula is C16H18O3S. The van der Waals surface area contributed by atoms with Crippen molar-refractivity contribution in [1.29, 1.82) is 0 Å². The molecule has 4 heteroatoms. The highest BCUT2D eigenvalue weighted by Gasteiger charge is 2.25. The molecular weight excluding hydrogens is 272 g/mol. The molecule has 0 fully saturated rings. The van der Waals surface area contributed by atoms with E-state index < -0.39 is 6.10 Å². The van der Waals surface area contributed by atoms with Gasteiger partial charge in [-0.3, -0.25) is 0 Å². The second-order valence-corrected chi connectivity index (χ2v) is 6.29. The van der Waals surface area contributed by atoms with Crippen molar-refractivity contribution in [2.24, 2.45) is 0 Å². The maximum Gasteiger partial charge on any atom is 0.125 e. The van der Waals surface area contributed by atoms with E-state index in [0.29, 0.717) is 0 Å². The van der Waals surface area contributed by atoms with Crippen molar-refractivity contribution in [1.82, 2.24) is 0 Å². The summed E-state index contributed by atoms with van der Waals surface area (Å²) in [5.74, 6) is 1.58. The molecule has 1 aromatic carbocycles. The van der Waals surface area contributed by atoms with E-state index in [4.69, 9.17) is 9.47 Å². The lowest BCUT2D eigenvalue weighted by atomic mass is 9.98. The van der Waals surface area contributed by atoms with Gasteiger partial charge in [0.15, 0.2) is 0 Å². The van der Waals surface area contributed by atoms with Crippen LogP contribution in [0.3, 0.4) is 0 Å². The molecule has 2 aromatic rings. The molecule has 1 aliphatic rings. The Morgan fingerprint density at radius 3 is 2.85 bits per heavy atom. The number of aryl methyl sites for hydroxylation is 1. The lowest BCUT2D eigenvalue weighted by molar-refractivity contribution is 0.213. The molecule has 3 nitrogen and oxygen atoms in total. The Hall–Kier alpha value is -1.52. The summed E-state index contributed by atoms with van der Waals surface area (Å²) >= 11 is 1.63. The van der Waals surface area contributed by atoms with Crippen LogP contribution in [-0.2, 0) is 6.42 Å². The van der Waals surface area contributed by atoms with E-state index in [1.807, 2.05) is 37.4 Å². The van der Waals surface area contributed by atoms with Crippen LogP contribution in [0.2, 0.25) is 0 Å². The third kappa shape index (κ3) is 2.19. The second kappa shape index (κ2) is 5.11. The van der Waals surface area contributed by atoms with Crippen molar-refractivity contribution in [3.8, 4) is 11.5 Å². The first kappa shape index (κ1) is 13.5. The number of hydrogen-bond donors (Lipinski definition) is 1. The largest absolute Gasteiger partial charge is 0.496 e. The highest BCUT2D eigenvalue weighted by Crippen LogP contribution is 2.40. The normalized spacial score (nSPS) is 18.5. The van der Waals surface area contributed by atoms with E-state index in [0.717, 1.165) is 39.5 Å². The summed E-state index contributed by atoms with van der Waals surface area (Å²) in [7, 11) is 1.64. The number of benzene rings is 1. The third-order valence-electron chi connectivity index (χ3n) is 3.74. The summed E-state index contributed by atoms with van der Waals surface area (Å²) in [4.78, 5) is 1.12. The molecule has 0 radical (unpaired) electrons. The van der Waals surface area contributed by atoms with Gasteiger partial charge in [-0.05, 0) is 43.0 Å². The first-order valence-electron chi connectivity index (χ1n) is 6.69. The Labute approximate surface area is 122 Å². The minimum Gasteiger partial charge on any atom is -0.496 e. The van der Waals surface area contributed by atoms with Gasteiger partial charge in [0.05, 0.1) is 7.11 Å². The molecule has 2 unspecified atom stereocenters. The Kier molecular flexibility index (Phi) is 3.44. The van der Waals surface area contributed by atoms with Crippen molar-refractivity contribution >= 4 is 11.3 Å². The van der Waals surface area contributed by atoms with Crippen molar-refractivity contribution in [3.63, 3.8) is 0 Å². The molecule has 0 saturated carbocycles. The van der Waals surface area contributed by atoms with Gasteiger partial charge >= 0.3 is 0 Å². The van der Waals surface area contributed by atoms with E-state index in [9.17, 15) is 5.11 Å². The molecule has 1 aliphatic heterocycles. The fourth-order valence-electron chi connectivity index (χ4n) is 2.69. The lowest BCUT2D eigenvalue weighted by Crippen LogP contribution is -2.05. The van der Waals surface area contributed by atoms with E-state index in [1.54, 1.807) is 18.4 Å². The SMILES string of the molecule is COc1cc2c(cc1C(O)c1ccsc1C)OC(C)C2. The molecule has 2 heterocycles. The average molecular weight is 290 g/mol. The van der Waals surface area contributed by atoms with E-state index in [-0.39, 0.29) is 6.10 Å². The zero-order chi connectivity index (χ0) is 14.3. The number of methoxy groups -OCH3 is 1. The summed E-state index contributed by atoms with van der Waals surface area (Å²) in [5, 5.41) is 12.6. The van der Waals surface area contributed by atoms with Gasteiger partial charge in [0.2, 0.25) is 0 Å². The van der Waals surface area contributed by atoms with Crippen LogP contribution in [0.1, 0.15) is 34.6 Å². The van der Waals surface area contributed by atoms with Crippen LogP contribution < -0.4 is 9.47 Å². The summed E-state index contributed by atoms with van der Waals surface area (Å²) in [6.45, 7) is 4.06. The quantitative estimate of drug-likeness (QED) is 0.940. The van der Waals surface area contributed by atoms with Gasteiger partial charge in [0, 0.05) is 22.4 Å². The standard InChI is InChI=1S/C16H18O3S/c1-9-6-11-7-15(18-3)13(8-14(11)19-9)16(17)12-4-5-20-10(12)2/h4-5,7-9,16-17H,6H2,1-3H3. The van der Waals surface area contributed by atoms with Crippen LogP contribution in [0.5, 0.6) is 11.5 Å². The maximum absolute atomic E-state index is 10.6. The van der Waals surface area contributed by atoms with Crippen molar-refractivity contribution in [3.05, 3.63) is 45.1 Å². The number of aliphatic hydroxyl groups excluding tert-OH is 1. The highest BCUT2D eigenvalue weighted by atomic mass is 32.1. The van der Waals surface area contributed by atoms with Crippen LogP contribution in [0.4, 0.5) is 0 Å². The predicted octanol–water partition coefficient (Wildman–Crippen LogP) is 3.47. The molecule has 106 valence electrons. The number of fused-ring (bicyclic) bond motifs is 1. The van der Waals surface area contributed by atoms with Crippen LogP contribution in [0, 0.1) is 6.92 Å². The van der Waals surface area contributed by atoms with Gasteiger partial charge in [-0.25, -0.2) is 0 Å². The lowest BCUT2D eigenvalue weighted by Gasteiger charge is -2.16. The van der Waals surface area contributed by atoms with Gasteiger partial charge in [0.25, 0.3) is 0 Å². The minimum atomic E-state index is -0.680. The van der Waals surface area contributed by atoms with Crippen LogP contribution >= 0.6 is 11.3 Å². The molecule has 20 heavy (non-hydrogen) atoms. The predicted molar refractivity (Wildman–Crippen MR) is 79.9 cm³/mol. The number of aliphatic hydroxyl groups is 1. The van der Waals surface area contributed by atoms with Crippen LogP contribution in [0.25, 0.3) is 0 Å². The number of hydrogen-bond acceptors (Lipinski definition) is 4. The molecule has 0 amide bonds. The van der Waals surface area contributed by atoms with Gasteiger partial charge in [-0.1, -0.05) is 0 Å². The fraction of sp³-hybridized carbons (Fsp3) is 0.375. The fourth-order valence-corrected chi connectivity index (χ4v) is 3.43. The second-order valence-electron chi connectivity index (χ2n) is 5.17. The van der Waals surface area contributed by atoms with E-state index >= 15 is 0 Å². The Morgan fingerprint density at radius 2 is 2.20 bits per heavy atom. The third-order valence-corrected chi connectivity index (χ3v) is 4.60. The zero-order valence-corrected chi connectivity index (χ0v) is 12.7. The molecule has 0 bridgehead atoms. The molecule has 1 N–H and O–H groups in total. The first-order chi connectivity index (χ1) is 9.60. The summed E-state index contributed by atoms with van der Waals surface area (Å²) in [6, 6.07) is 5.86.